The third-order valence-corrected chi connectivity index (χ3v) is 10.5. The minimum Gasteiger partial charge on any atom is -0.457 e. The molecule has 4 aromatic rings. The minimum absolute atomic E-state index is 0.236. The van der Waals surface area contributed by atoms with Crippen molar-refractivity contribution in [3.63, 3.8) is 0 Å². The van der Waals surface area contributed by atoms with Crippen molar-refractivity contribution in [2.75, 3.05) is 0 Å². The van der Waals surface area contributed by atoms with Crippen molar-refractivity contribution in [3.05, 3.63) is 120 Å². The Labute approximate surface area is 268 Å². The Balaban J connectivity index is 1.44. The number of esters is 2. The molecule has 226 valence electrons. The van der Waals surface area contributed by atoms with Crippen LogP contribution in [-0.4, -0.2) is 44.7 Å². The first kappa shape index (κ1) is 31.6. The van der Waals surface area contributed by atoms with Gasteiger partial charge in [0, 0.05) is 6.08 Å². The van der Waals surface area contributed by atoms with Crippen LogP contribution in [0.1, 0.15) is 44.9 Å². The van der Waals surface area contributed by atoms with Gasteiger partial charge in [-0.3, -0.25) is 4.79 Å². The predicted octanol–water partition coefficient (Wildman–Crippen LogP) is 7.75. The summed E-state index contributed by atoms with van der Waals surface area (Å²) in [6, 6.07) is 25.6. The molecule has 0 unspecified atom stereocenters. The zero-order chi connectivity index (χ0) is 31.4. The number of hydrogen-bond acceptors (Lipinski definition) is 9. The number of nitrogens with zero attached hydrogens (tertiary/aromatic N) is 2. The van der Waals surface area contributed by atoms with Crippen LogP contribution in [0.2, 0.25) is 0 Å². The van der Waals surface area contributed by atoms with Crippen molar-refractivity contribution in [3.8, 4) is 0 Å². The van der Waals surface area contributed by atoms with Gasteiger partial charge in [0.05, 0.1) is 15.8 Å². The number of fused-ring (bicyclic) bond motifs is 1. The molecule has 1 amide bonds. The lowest BCUT2D eigenvalue weighted by Gasteiger charge is -2.45. The first-order valence-corrected chi connectivity index (χ1v) is 17.0. The van der Waals surface area contributed by atoms with E-state index in [1.54, 1.807) is 27.7 Å². The molecule has 7 nitrogen and oxygen atoms in total. The molecule has 44 heavy (non-hydrogen) atoms. The Bertz CT molecular complexity index is 1640. The first-order chi connectivity index (χ1) is 21.0. The lowest BCUT2D eigenvalue weighted by Crippen LogP contribution is -2.61. The van der Waals surface area contributed by atoms with E-state index in [4.69, 9.17) is 9.47 Å². The number of thiazole rings is 1. The van der Waals surface area contributed by atoms with E-state index in [0.29, 0.717) is 5.57 Å². The molecule has 0 radical (unpaired) electrons. The van der Waals surface area contributed by atoms with Gasteiger partial charge >= 0.3 is 11.9 Å². The Kier molecular flexibility index (Phi) is 9.62. The summed E-state index contributed by atoms with van der Waals surface area (Å²) in [6.45, 7) is 11.0. The van der Waals surface area contributed by atoms with E-state index in [1.807, 2.05) is 84.9 Å². The quantitative estimate of drug-likeness (QED) is 0.0570. The number of carbonyl (C=O) groups excluding carboxylic acids is 3. The second-order valence-electron chi connectivity index (χ2n) is 11.2. The Hall–Kier alpha value is -3.86. The number of carbonyl (C=O) groups is 3. The highest BCUT2D eigenvalue weighted by Crippen LogP contribution is 2.47. The number of aromatic nitrogens is 1. The van der Waals surface area contributed by atoms with E-state index < -0.39 is 41.0 Å². The number of amides is 1. The maximum Gasteiger partial charge on any atom is 0.334 e. The smallest absolute Gasteiger partial charge is 0.334 e. The Morgan fingerprint density at radius 1 is 0.977 bits per heavy atom. The molecule has 0 saturated carbocycles. The molecule has 2 atom stereocenters. The normalized spacial score (nSPS) is 16.6. The summed E-state index contributed by atoms with van der Waals surface area (Å²) in [5.74, 6) is -1.70. The molecule has 2 heterocycles. The second kappa shape index (κ2) is 13.4. The van der Waals surface area contributed by atoms with Gasteiger partial charge in [0.2, 0.25) is 0 Å². The van der Waals surface area contributed by atoms with Crippen LogP contribution in [0.25, 0.3) is 10.2 Å². The zero-order valence-electron chi connectivity index (χ0n) is 24.8. The summed E-state index contributed by atoms with van der Waals surface area (Å²) < 4.78 is 13.4. The van der Waals surface area contributed by atoms with E-state index in [1.165, 1.54) is 43.9 Å². The van der Waals surface area contributed by atoms with Gasteiger partial charge in [0.1, 0.15) is 11.0 Å². The molecular weight excluding hydrogens is 613 g/mol. The van der Waals surface area contributed by atoms with Gasteiger partial charge in [-0.25, -0.2) is 14.6 Å². The van der Waals surface area contributed by atoms with E-state index in [-0.39, 0.29) is 5.57 Å². The molecule has 0 aliphatic carbocycles. The molecule has 0 spiro atoms. The Morgan fingerprint density at radius 2 is 1.57 bits per heavy atom. The van der Waals surface area contributed by atoms with Crippen molar-refractivity contribution < 1.29 is 23.9 Å². The lowest BCUT2D eigenvalue weighted by atomic mass is 9.97. The van der Waals surface area contributed by atoms with E-state index in [9.17, 15) is 14.4 Å². The SMILES string of the molecule is C=C(C)[C@H](C(=O)OC(c1ccccc1)c1ccccc1)N1C(=O)/C(=C/C(=O)OC(C)(C)C)[C@H]1SSc1nc2ccccc2s1. The fraction of sp³-hybridized carbons (Fsp3) is 0.235. The molecule has 3 aromatic carbocycles. The van der Waals surface area contributed by atoms with Crippen molar-refractivity contribution in [2.45, 2.75) is 55.2 Å². The van der Waals surface area contributed by atoms with Crippen LogP contribution in [-0.2, 0) is 23.9 Å². The highest BCUT2D eigenvalue weighted by molar-refractivity contribution is 8.77. The minimum atomic E-state index is -1.08. The number of para-hydroxylation sites is 1. The van der Waals surface area contributed by atoms with Crippen LogP contribution in [0, 0.1) is 0 Å². The monoisotopic (exact) mass is 644 g/mol. The predicted molar refractivity (Wildman–Crippen MR) is 177 cm³/mol. The third-order valence-electron chi connectivity index (χ3n) is 6.57. The highest BCUT2D eigenvalue weighted by atomic mass is 33.1. The van der Waals surface area contributed by atoms with Crippen molar-refractivity contribution in [1.82, 2.24) is 9.88 Å². The number of hydrogen-bond donors (Lipinski definition) is 0. The van der Waals surface area contributed by atoms with Gasteiger partial charge in [-0.1, -0.05) is 90.2 Å². The van der Waals surface area contributed by atoms with Crippen molar-refractivity contribution in [1.29, 1.82) is 0 Å². The molecule has 10 heteroatoms. The molecule has 0 N–H and O–H groups in total. The number of ether oxygens (including phenoxy) is 2. The highest BCUT2D eigenvalue weighted by Gasteiger charge is 2.50. The van der Waals surface area contributed by atoms with Crippen LogP contribution >= 0.6 is 32.9 Å². The van der Waals surface area contributed by atoms with Gasteiger partial charge < -0.3 is 14.4 Å². The summed E-state index contributed by atoms with van der Waals surface area (Å²) >= 11 is 1.53. The van der Waals surface area contributed by atoms with Gasteiger partial charge in [0.15, 0.2) is 16.5 Å². The summed E-state index contributed by atoms with van der Waals surface area (Å²) in [5.41, 5.74) is 2.42. The second-order valence-corrected chi connectivity index (χ2v) is 14.8. The van der Waals surface area contributed by atoms with Gasteiger partial charge in [-0.15, -0.1) is 11.3 Å². The number of rotatable bonds is 10. The molecule has 1 fully saturated rings. The standard InChI is InChI=1S/C34H32N2O5S3/c1-21(2)28(32(39)40-29(22-14-8-6-9-15-22)23-16-10-7-11-17-23)36-30(38)24(20-27(37)41-34(3,4)5)31(36)43-44-33-35-25-18-12-13-19-26(25)42-33/h6-20,28-29,31H,1H2,2-5H3/b24-20-/t28-,31-/m1/s1. The molecule has 1 saturated heterocycles. The fourth-order valence-electron chi connectivity index (χ4n) is 4.68. The molecule has 0 bridgehead atoms. The summed E-state index contributed by atoms with van der Waals surface area (Å²) in [4.78, 5) is 46.5. The molecule has 5 rings (SSSR count). The lowest BCUT2D eigenvalue weighted by molar-refractivity contribution is -0.159. The van der Waals surface area contributed by atoms with Crippen LogP contribution in [0.5, 0.6) is 0 Å². The summed E-state index contributed by atoms with van der Waals surface area (Å²) in [5, 5.41) is -0.659. The average molecular weight is 645 g/mol. The van der Waals surface area contributed by atoms with Crippen molar-refractivity contribution in [2.24, 2.45) is 0 Å². The van der Waals surface area contributed by atoms with Crippen molar-refractivity contribution >= 4 is 61.0 Å². The fourth-order valence-corrected chi connectivity index (χ4v) is 8.55. The molecule has 1 aliphatic rings. The van der Waals surface area contributed by atoms with Crippen LogP contribution in [0.15, 0.2) is 113 Å². The van der Waals surface area contributed by atoms with E-state index in [0.717, 1.165) is 25.7 Å². The molecule has 1 aromatic heterocycles. The van der Waals surface area contributed by atoms with Crippen LogP contribution in [0.3, 0.4) is 0 Å². The van der Waals surface area contributed by atoms with Gasteiger partial charge in [-0.2, -0.15) is 0 Å². The average Bonchev–Trinajstić information content (AvgIpc) is 3.41. The van der Waals surface area contributed by atoms with Gasteiger partial charge in [0.25, 0.3) is 5.91 Å². The van der Waals surface area contributed by atoms with Crippen LogP contribution < -0.4 is 0 Å². The first-order valence-electron chi connectivity index (χ1n) is 13.9. The topological polar surface area (TPSA) is 85.8 Å². The molecule has 1 aliphatic heterocycles. The number of β-lactam (4-membered cyclic amide) rings is 1. The number of likely N-dealkylation sites (tertiary alicyclic amines) is 1. The Morgan fingerprint density at radius 3 is 2.14 bits per heavy atom. The maximum absolute atomic E-state index is 14.0. The van der Waals surface area contributed by atoms with E-state index >= 15 is 0 Å². The summed E-state index contributed by atoms with van der Waals surface area (Å²) in [6.07, 6.45) is 0.529. The zero-order valence-corrected chi connectivity index (χ0v) is 27.2. The third kappa shape index (κ3) is 7.26. The largest absolute Gasteiger partial charge is 0.457 e. The van der Waals surface area contributed by atoms with Gasteiger partial charge in [-0.05, 0) is 67.3 Å². The summed E-state index contributed by atoms with van der Waals surface area (Å²) in [7, 11) is 2.71. The maximum atomic E-state index is 14.0. The molecular formula is C34H32N2O5S3. The van der Waals surface area contributed by atoms with E-state index in [2.05, 4.69) is 11.6 Å². The van der Waals surface area contributed by atoms with Crippen LogP contribution in [0.4, 0.5) is 0 Å². The number of benzene rings is 3.